The van der Waals surface area contributed by atoms with Gasteiger partial charge in [0.05, 0.1) is 5.56 Å². The zero-order valence-electron chi connectivity index (χ0n) is 8.85. The van der Waals surface area contributed by atoms with E-state index < -0.39 is 17.1 Å². The maximum Gasteiger partial charge on any atom is 0.325 e. The molecule has 0 aliphatic heterocycles. The lowest BCUT2D eigenvalue weighted by Crippen LogP contribution is -2.23. The van der Waals surface area contributed by atoms with Crippen molar-refractivity contribution in [3.05, 3.63) is 51.3 Å². The minimum Gasteiger partial charge on any atom is -0.313 e. The van der Waals surface area contributed by atoms with Crippen molar-refractivity contribution in [2.75, 3.05) is 0 Å². The molecule has 0 aliphatic rings. The second-order valence-electron chi connectivity index (χ2n) is 3.56. The van der Waals surface area contributed by atoms with Gasteiger partial charge in [0.25, 0.3) is 5.56 Å². The van der Waals surface area contributed by atoms with E-state index in [9.17, 15) is 14.0 Å². The fourth-order valence-electron chi connectivity index (χ4n) is 1.61. The lowest BCUT2D eigenvalue weighted by Gasteiger charge is -2.01. The molecule has 90 valence electrons. The fraction of sp³-hybridized carbons (Fsp3) is 0. The van der Waals surface area contributed by atoms with Crippen LogP contribution in [0.2, 0.25) is 0 Å². The molecule has 0 spiro atoms. The van der Waals surface area contributed by atoms with E-state index in [1.807, 2.05) is 4.98 Å². The van der Waals surface area contributed by atoms with Crippen molar-refractivity contribution in [3.8, 4) is 11.3 Å². The summed E-state index contributed by atoms with van der Waals surface area (Å²) in [7, 11) is 0. The molecule has 0 amide bonds. The summed E-state index contributed by atoms with van der Waals surface area (Å²) < 4.78 is 14.9. The molecule has 3 aromatic heterocycles. The molecule has 0 atom stereocenters. The van der Waals surface area contributed by atoms with Crippen LogP contribution >= 0.6 is 0 Å². The smallest absolute Gasteiger partial charge is 0.313 e. The van der Waals surface area contributed by atoms with Crippen molar-refractivity contribution in [3.63, 3.8) is 0 Å². The Balaban J connectivity index is 2.31. The molecular weight excluding hydrogens is 241 g/mol. The van der Waals surface area contributed by atoms with Gasteiger partial charge in [-0.2, -0.15) is 5.10 Å². The Hall–Kier alpha value is -2.77. The summed E-state index contributed by atoms with van der Waals surface area (Å²) in [6.45, 7) is 0. The van der Waals surface area contributed by atoms with Crippen LogP contribution in [-0.4, -0.2) is 24.6 Å². The Bertz CT molecular complexity index is 847. The van der Waals surface area contributed by atoms with Crippen LogP contribution in [-0.2, 0) is 0 Å². The van der Waals surface area contributed by atoms with Crippen molar-refractivity contribution in [1.29, 1.82) is 0 Å². The second-order valence-corrected chi connectivity index (χ2v) is 3.56. The molecule has 0 aromatic carbocycles. The highest BCUT2D eigenvalue weighted by Gasteiger charge is 2.11. The Morgan fingerprint density at radius 1 is 1.33 bits per heavy atom. The first-order valence-electron chi connectivity index (χ1n) is 4.97. The first-order chi connectivity index (χ1) is 8.65. The topological polar surface area (TPSA) is 95.9 Å². The van der Waals surface area contributed by atoms with Crippen LogP contribution in [0.25, 0.3) is 16.9 Å². The molecule has 0 aliphatic carbocycles. The minimum atomic E-state index is -0.634. The molecule has 0 saturated carbocycles. The number of nitrogens with one attached hydrogen (secondary N) is 2. The summed E-state index contributed by atoms with van der Waals surface area (Å²) in [6, 6.07) is 1.09. The van der Waals surface area contributed by atoms with Gasteiger partial charge in [-0.1, -0.05) is 0 Å². The van der Waals surface area contributed by atoms with Gasteiger partial charge in [0.15, 0.2) is 11.5 Å². The lowest BCUT2D eigenvalue weighted by molar-refractivity contribution is 0.623. The Morgan fingerprint density at radius 3 is 2.94 bits per heavy atom. The standard InChI is InChI=1S/C10H6FN5O2/c11-6-3-7(15-16-2-1-12-8(6)16)5-4-13-10(18)14-9(5)17/h1-4H,(H2,13,14,17,18). The molecule has 3 rings (SSSR count). The monoisotopic (exact) mass is 247 g/mol. The number of aromatic amines is 2. The number of rotatable bonds is 1. The number of nitrogens with zero attached hydrogens (tertiary/aromatic N) is 3. The number of aromatic nitrogens is 5. The molecule has 2 N–H and O–H groups in total. The van der Waals surface area contributed by atoms with Crippen molar-refractivity contribution < 1.29 is 4.39 Å². The highest BCUT2D eigenvalue weighted by atomic mass is 19.1. The average Bonchev–Trinajstić information content (AvgIpc) is 2.77. The predicted molar refractivity (Wildman–Crippen MR) is 59.6 cm³/mol. The van der Waals surface area contributed by atoms with Crippen LogP contribution in [0, 0.1) is 5.82 Å². The largest absolute Gasteiger partial charge is 0.325 e. The normalized spacial score (nSPS) is 10.9. The van der Waals surface area contributed by atoms with Gasteiger partial charge in [0.1, 0.15) is 5.69 Å². The van der Waals surface area contributed by atoms with Gasteiger partial charge >= 0.3 is 5.69 Å². The number of hydrogen-bond donors (Lipinski definition) is 2. The number of halogens is 1. The summed E-state index contributed by atoms with van der Waals surface area (Å²) in [4.78, 5) is 30.6. The Labute approximate surface area is 97.9 Å². The van der Waals surface area contributed by atoms with Crippen LogP contribution in [0.3, 0.4) is 0 Å². The van der Waals surface area contributed by atoms with Crippen LogP contribution in [0.4, 0.5) is 4.39 Å². The summed E-state index contributed by atoms with van der Waals surface area (Å²) in [5.74, 6) is -0.601. The van der Waals surface area contributed by atoms with Crippen LogP contribution in [0.1, 0.15) is 0 Å². The van der Waals surface area contributed by atoms with Crippen molar-refractivity contribution in [2.45, 2.75) is 0 Å². The Kier molecular flexibility index (Phi) is 2.09. The van der Waals surface area contributed by atoms with Crippen molar-refractivity contribution in [1.82, 2.24) is 24.6 Å². The van der Waals surface area contributed by atoms with Crippen molar-refractivity contribution in [2.24, 2.45) is 0 Å². The number of H-pyrrole nitrogens is 2. The zero-order chi connectivity index (χ0) is 12.7. The molecule has 18 heavy (non-hydrogen) atoms. The quantitative estimate of drug-likeness (QED) is 0.628. The van der Waals surface area contributed by atoms with Crippen LogP contribution in [0.5, 0.6) is 0 Å². The van der Waals surface area contributed by atoms with Crippen LogP contribution in [0.15, 0.2) is 34.2 Å². The van der Waals surface area contributed by atoms with Gasteiger partial charge in [-0.25, -0.2) is 18.7 Å². The molecule has 0 saturated heterocycles. The lowest BCUT2D eigenvalue weighted by atomic mass is 10.2. The van der Waals surface area contributed by atoms with E-state index >= 15 is 0 Å². The maximum atomic E-state index is 13.7. The van der Waals surface area contributed by atoms with Crippen LogP contribution < -0.4 is 11.2 Å². The van der Waals surface area contributed by atoms with E-state index in [0.29, 0.717) is 0 Å². The van der Waals surface area contributed by atoms with E-state index in [1.165, 1.54) is 23.1 Å². The number of hydrogen-bond acceptors (Lipinski definition) is 4. The molecule has 3 heterocycles. The Morgan fingerprint density at radius 2 is 2.17 bits per heavy atom. The third-order valence-corrected chi connectivity index (χ3v) is 2.41. The van der Waals surface area contributed by atoms with Gasteiger partial charge < -0.3 is 4.98 Å². The van der Waals surface area contributed by atoms with E-state index in [2.05, 4.69) is 15.1 Å². The first-order valence-corrected chi connectivity index (χ1v) is 4.97. The summed E-state index contributed by atoms with van der Waals surface area (Å²) in [5.41, 5.74) is -1.02. The van der Waals surface area contributed by atoms with Gasteiger partial charge in [0.2, 0.25) is 0 Å². The SMILES string of the molecule is O=c1[nH]cc(-c2cc(F)c3nccn3n2)c(=O)[nH]1. The summed E-state index contributed by atoms with van der Waals surface area (Å²) >= 11 is 0. The number of fused-ring (bicyclic) bond motifs is 1. The molecular formula is C10H6FN5O2. The minimum absolute atomic E-state index is 0.0691. The molecule has 0 unspecified atom stereocenters. The molecule has 0 radical (unpaired) electrons. The maximum absolute atomic E-state index is 13.7. The fourth-order valence-corrected chi connectivity index (χ4v) is 1.61. The number of imidazole rings is 1. The zero-order valence-corrected chi connectivity index (χ0v) is 8.85. The van der Waals surface area contributed by atoms with E-state index in [0.717, 1.165) is 6.07 Å². The summed E-state index contributed by atoms with van der Waals surface area (Å²) in [5, 5.41) is 4.03. The van der Waals surface area contributed by atoms with Gasteiger partial charge in [-0.05, 0) is 0 Å². The van der Waals surface area contributed by atoms with E-state index in [-0.39, 0.29) is 16.9 Å². The third kappa shape index (κ3) is 1.51. The van der Waals surface area contributed by atoms with Crippen molar-refractivity contribution >= 4 is 5.65 Å². The molecule has 0 fully saturated rings. The average molecular weight is 247 g/mol. The molecule has 8 heteroatoms. The molecule has 3 aromatic rings. The second kappa shape index (κ2) is 3.62. The molecule has 7 nitrogen and oxygen atoms in total. The summed E-state index contributed by atoms with van der Waals surface area (Å²) in [6.07, 6.45) is 4.04. The van der Waals surface area contributed by atoms with E-state index in [4.69, 9.17) is 0 Å². The highest BCUT2D eigenvalue weighted by Crippen LogP contribution is 2.14. The first kappa shape index (κ1) is 10.4. The molecule has 0 bridgehead atoms. The highest BCUT2D eigenvalue weighted by molar-refractivity contribution is 5.58. The van der Waals surface area contributed by atoms with Gasteiger partial charge in [-0.15, -0.1) is 0 Å². The van der Waals surface area contributed by atoms with E-state index in [1.54, 1.807) is 0 Å². The van der Waals surface area contributed by atoms with Gasteiger partial charge in [-0.3, -0.25) is 9.78 Å². The van der Waals surface area contributed by atoms with Gasteiger partial charge in [0, 0.05) is 24.7 Å². The predicted octanol–water partition coefficient (Wildman–Crippen LogP) is -0.0880. The third-order valence-electron chi connectivity index (χ3n) is 2.41.